The smallest absolute Gasteiger partial charge is 0.0713 e. The number of aromatic nitrogens is 2. The second-order valence-corrected chi connectivity index (χ2v) is 15.7. The van der Waals surface area contributed by atoms with Crippen LogP contribution in [0.4, 0.5) is 0 Å². The van der Waals surface area contributed by atoms with E-state index >= 15 is 0 Å². The highest BCUT2D eigenvalue weighted by atomic mass is 15.0. The van der Waals surface area contributed by atoms with Gasteiger partial charge in [-0.2, -0.15) is 0 Å². The van der Waals surface area contributed by atoms with E-state index in [0.29, 0.717) is 0 Å². The van der Waals surface area contributed by atoms with Crippen LogP contribution in [0.15, 0.2) is 231 Å². The van der Waals surface area contributed by atoms with Gasteiger partial charge in [0.1, 0.15) is 0 Å². The molecule has 59 heavy (non-hydrogen) atoms. The summed E-state index contributed by atoms with van der Waals surface area (Å²) < 4.78 is 4.79. The molecule has 11 aromatic rings. The molecule has 0 bridgehead atoms. The first-order valence-corrected chi connectivity index (χ1v) is 20.4. The van der Waals surface area contributed by atoms with Gasteiger partial charge in [-0.3, -0.25) is 0 Å². The molecular formula is C57H38N2. The Labute approximate surface area is 343 Å². The van der Waals surface area contributed by atoms with Gasteiger partial charge in [0, 0.05) is 33.7 Å². The molecule has 1 aliphatic rings. The van der Waals surface area contributed by atoms with E-state index in [4.69, 9.17) is 0 Å². The van der Waals surface area contributed by atoms with Crippen LogP contribution in [0.5, 0.6) is 0 Å². The van der Waals surface area contributed by atoms with Crippen molar-refractivity contribution in [1.29, 1.82) is 0 Å². The molecule has 0 saturated carbocycles. The average molecular weight is 751 g/mol. The predicted molar refractivity (Wildman–Crippen MR) is 246 cm³/mol. The minimum Gasteiger partial charge on any atom is -0.316 e. The molecule has 12 rings (SSSR count). The fraction of sp³-hybridized carbons (Fsp3) is 0.0175. The van der Waals surface area contributed by atoms with Crippen molar-refractivity contribution in [2.75, 3.05) is 0 Å². The second kappa shape index (κ2) is 13.2. The summed E-state index contributed by atoms with van der Waals surface area (Å²) in [7, 11) is 0. The van der Waals surface area contributed by atoms with Crippen LogP contribution < -0.4 is 0 Å². The highest BCUT2D eigenvalue weighted by molar-refractivity contribution is 6.18. The first-order valence-electron chi connectivity index (χ1n) is 20.4. The van der Waals surface area contributed by atoms with Crippen LogP contribution in [-0.2, 0) is 5.41 Å². The van der Waals surface area contributed by atoms with E-state index in [9.17, 15) is 0 Å². The fourth-order valence-corrected chi connectivity index (χ4v) is 10.1. The van der Waals surface area contributed by atoms with Gasteiger partial charge in [-0.15, -0.1) is 0 Å². The van der Waals surface area contributed by atoms with Gasteiger partial charge in [-0.05, 0) is 104 Å². The molecule has 2 heterocycles. The number of benzene rings is 9. The minimum absolute atomic E-state index is 0.449. The minimum atomic E-state index is -0.449. The molecule has 2 aromatic heterocycles. The van der Waals surface area contributed by atoms with Crippen molar-refractivity contribution in [2.45, 2.75) is 5.41 Å². The Hall–Kier alpha value is -7.68. The molecule has 0 fully saturated rings. The van der Waals surface area contributed by atoms with Crippen LogP contribution >= 0.6 is 0 Å². The van der Waals surface area contributed by atoms with Crippen molar-refractivity contribution >= 4 is 32.7 Å². The maximum absolute atomic E-state index is 2.47. The molecule has 0 amide bonds. The summed E-state index contributed by atoms with van der Waals surface area (Å²) in [5.41, 5.74) is 18.0. The largest absolute Gasteiger partial charge is 0.316 e. The molecule has 0 unspecified atom stereocenters. The summed E-state index contributed by atoms with van der Waals surface area (Å²) in [5, 5.41) is 3.73. The number of nitrogens with zero attached hydrogens (tertiary/aromatic N) is 2. The third-order valence-electron chi connectivity index (χ3n) is 12.7. The monoisotopic (exact) mass is 750 g/mol. The van der Waals surface area contributed by atoms with Crippen molar-refractivity contribution in [3.63, 3.8) is 0 Å². The molecule has 2 nitrogen and oxygen atoms in total. The fourth-order valence-electron chi connectivity index (χ4n) is 10.1. The molecular weight excluding hydrogens is 713 g/mol. The molecule has 0 aliphatic heterocycles. The summed E-state index contributed by atoms with van der Waals surface area (Å²) in [5.74, 6) is 0. The molecule has 0 N–H and O–H groups in total. The molecule has 0 radical (unpaired) electrons. The molecule has 2 heteroatoms. The Morgan fingerprint density at radius 1 is 0.322 bits per heavy atom. The van der Waals surface area contributed by atoms with Gasteiger partial charge in [-0.1, -0.05) is 176 Å². The zero-order chi connectivity index (χ0) is 38.9. The Morgan fingerprint density at radius 3 is 1.71 bits per heavy atom. The topological polar surface area (TPSA) is 9.86 Å². The molecule has 0 atom stereocenters. The lowest BCUT2D eigenvalue weighted by atomic mass is 9.67. The molecule has 0 spiro atoms. The summed E-state index contributed by atoms with van der Waals surface area (Å²) in [6.45, 7) is 0. The van der Waals surface area contributed by atoms with E-state index in [-0.39, 0.29) is 0 Å². The number of fused-ring (bicyclic) bond motifs is 8. The summed E-state index contributed by atoms with van der Waals surface area (Å²) in [4.78, 5) is 0. The van der Waals surface area contributed by atoms with Crippen LogP contribution in [0.25, 0.3) is 77.5 Å². The van der Waals surface area contributed by atoms with Gasteiger partial charge in [0.15, 0.2) is 0 Å². The van der Waals surface area contributed by atoms with E-state index < -0.39 is 5.41 Å². The first kappa shape index (κ1) is 33.5. The highest BCUT2D eigenvalue weighted by Gasteiger charge is 2.46. The number of hydrogen-bond donors (Lipinski definition) is 0. The number of para-hydroxylation sites is 1. The van der Waals surface area contributed by atoms with Crippen molar-refractivity contribution < 1.29 is 0 Å². The Balaban J connectivity index is 1.03. The van der Waals surface area contributed by atoms with Crippen molar-refractivity contribution in [2.24, 2.45) is 0 Å². The number of rotatable bonds is 6. The zero-order valence-corrected chi connectivity index (χ0v) is 32.3. The average Bonchev–Trinajstić information content (AvgIpc) is 3.99. The SMILES string of the molecule is c1ccc(-c2ccc(-n3ccc4c3ccc3c5ccccc5n(-c5cccc(-c6ccc7c(c6)C(c6ccccc6)(c6ccccc6)c6ccccc6-7)c5)c34)cc2)cc1. The Morgan fingerprint density at radius 2 is 0.932 bits per heavy atom. The number of hydrogen-bond acceptors (Lipinski definition) is 0. The lowest BCUT2D eigenvalue weighted by Gasteiger charge is -2.34. The zero-order valence-electron chi connectivity index (χ0n) is 32.3. The highest BCUT2D eigenvalue weighted by Crippen LogP contribution is 2.56. The maximum Gasteiger partial charge on any atom is 0.0713 e. The lowest BCUT2D eigenvalue weighted by molar-refractivity contribution is 0.769. The van der Waals surface area contributed by atoms with Gasteiger partial charge < -0.3 is 9.13 Å². The van der Waals surface area contributed by atoms with Crippen LogP contribution in [0, 0.1) is 0 Å². The van der Waals surface area contributed by atoms with Gasteiger partial charge in [0.25, 0.3) is 0 Å². The standard InChI is InChI=1S/C57H38N2/c1-4-15-39(16-5-1)40-27-30-45(31-28-40)58-36-35-51-54(58)34-33-50-49-24-11-13-26-55(49)59(56(50)51)46-22-14-17-41(37-46)42-29-32-48-47-23-10-12-25-52(47)57(53(48)38-42,43-18-6-2-7-19-43)44-20-8-3-9-21-44/h1-38H. The first-order chi connectivity index (χ1) is 29.3. The van der Waals surface area contributed by atoms with E-state index in [0.717, 1.165) is 11.4 Å². The van der Waals surface area contributed by atoms with Crippen molar-refractivity contribution in [1.82, 2.24) is 9.13 Å². The normalized spacial score (nSPS) is 12.9. The second-order valence-electron chi connectivity index (χ2n) is 15.7. The third-order valence-corrected chi connectivity index (χ3v) is 12.7. The quantitative estimate of drug-likeness (QED) is 0.160. The Bertz CT molecular complexity index is 3310. The van der Waals surface area contributed by atoms with Gasteiger partial charge >= 0.3 is 0 Å². The van der Waals surface area contributed by atoms with Crippen molar-refractivity contribution in [3.8, 4) is 44.8 Å². The van der Waals surface area contributed by atoms with Crippen LogP contribution in [-0.4, -0.2) is 9.13 Å². The molecule has 9 aromatic carbocycles. The Kier molecular flexibility index (Phi) is 7.48. The van der Waals surface area contributed by atoms with Crippen LogP contribution in [0.1, 0.15) is 22.3 Å². The molecule has 1 aliphatic carbocycles. The summed E-state index contributed by atoms with van der Waals surface area (Å²) in [6.07, 6.45) is 2.22. The van der Waals surface area contributed by atoms with Gasteiger partial charge in [0.2, 0.25) is 0 Å². The summed E-state index contributed by atoms with van der Waals surface area (Å²) >= 11 is 0. The molecule has 0 saturated heterocycles. The summed E-state index contributed by atoms with van der Waals surface area (Å²) in [6, 6.07) is 82.5. The van der Waals surface area contributed by atoms with E-state index in [2.05, 4.69) is 240 Å². The van der Waals surface area contributed by atoms with Gasteiger partial charge in [0.05, 0.1) is 22.0 Å². The van der Waals surface area contributed by atoms with E-state index in [1.165, 1.54) is 88.3 Å². The molecule has 276 valence electrons. The van der Waals surface area contributed by atoms with Crippen LogP contribution in [0.3, 0.4) is 0 Å². The lowest BCUT2D eigenvalue weighted by Crippen LogP contribution is -2.28. The van der Waals surface area contributed by atoms with Crippen LogP contribution in [0.2, 0.25) is 0 Å². The third kappa shape index (κ3) is 5.00. The van der Waals surface area contributed by atoms with Gasteiger partial charge in [-0.25, -0.2) is 0 Å². The maximum atomic E-state index is 2.47. The van der Waals surface area contributed by atoms with E-state index in [1.807, 2.05) is 0 Å². The van der Waals surface area contributed by atoms with Crippen molar-refractivity contribution in [3.05, 3.63) is 253 Å². The predicted octanol–water partition coefficient (Wildman–Crippen LogP) is 14.4. The van der Waals surface area contributed by atoms with E-state index in [1.54, 1.807) is 0 Å².